The van der Waals surface area contributed by atoms with Crippen molar-refractivity contribution in [3.63, 3.8) is 0 Å². The standard InChI is InChI=1S/C12H16N4OS2/c1-3-16-12(14-10(15-16)7-9(13)17)8-5-6-11(19-8)18-4-2/h5-6H,3-4,7H2,1-2H3,(H2,13,17). The molecule has 0 aromatic carbocycles. The molecule has 19 heavy (non-hydrogen) atoms. The van der Waals surface area contributed by atoms with Gasteiger partial charge < -0.3 is 5.73 Å². The topological polar surface area (TPSA) is 73.8 Å². The maximum absolute atomic E-state index is 10.9. The fourth-order valence-electron chi connectivity index (χ4n) is 1.68. The molecule has 0 saturated carbocycles. The number of carbonyl (C=O) groups excluding carboxylic acids is 1. The minimum Gasteiger partial charge on any atom is -0.369 e. The van der Waals surface area contributed by atoms with E-state index in [0.29, 0.717) is 5.82 Å². The predicted octanol–water partition coefficient (Wildman–Crippen LogP) is 2.17. The van der Waals surface area contributed by atoms with Gasteiger partial charge in [-0.15, -0.1) is 23.1 Å². The SMILES string of the molecule is CCSc1ccc(-c2nc(CC(N)=O)nn2CC)s1. The van der Waals surface area contributed by atoms with Gasteiger partial charge in [0, 0.05) is 6.54 Å². The summed E-state index contributed by atoms with van der Waals surface area (Å²) in [5.41, 5.74) is 5.18. The Morgan fingerprint density at radius 3 is 2.89 bits per heavy atom. The zero-order valence-corrected chi connectivity index (χ0v) is 12.6. The predicted molar refractivity (Wildman–Crippen MR) is 78.3 cm³/mol. The van der Waals surface area contributed by atoms with Crippen LogP contribution in [0.4, 0.5) is 0 Å². The number of rotatable bonds is 6. The highest BCUT2D eigenvalue weighted by molar-refractivity contribution is 8.01. The van der Waals surface area contributed by atoms with Crippen molar-refractivity contribution < 1.29 is 4.79 Å². The lowest BCUT2D eigenvalue weighted by Gasteiger charge is -1.98. The van der Waals surface area contributed by atoms with E-state index in [2.05, 4.69) is 23.1 Å². The number of nitrogens with zero attached hydrogens (tertiary/aromatic N) is 3. The largest absolute Gasteiger partial charge is 0.369 e. The average molecular weight is 296 g/mol. The van der Waals surface area contributed by atoms with Crippen LogP contribution in [-0.4, -0.2) is 26.4 Å². The minimum absolute atomic E-state index is 0.0853. The Hall–Kier alpha value is -1.34. The van der Waals surface area contributed by atoms with Crippen LogP contribution >= 0.6 is 23.1 Å². The van der Waals surface area contributed by atoms with Gasteiger partial charge >= 0.3 is 0 Å². The molecule has 2 N–H and O–H groups in total. The molecule has 2 aromatic rings. The number of aromatic nitrogens is 3. The highest BCUT2D eigenvalue weighted by Crippen LogP contribution is 2.33. The van der Waals surface area contributed by atoms with E-state index in [4.69, 9.17) is 5.73 Å². The van der Waals surface area contributed by atoms with Gasteiger partial charge in [0.1, 0.15) is 0 Å². The zero-order chi connectivity index (χ0) is 13.8. The molecule has 5 nitrogen and oxygen atoms in total. The van der Waals surface area contributed by atoms with E-state index in [9.17, 15) is 4.79 Å². The zero-order valence-electron chi connectivity index (χ0n) is 10.9. The molecule has 102 valence electrons. The van der Waals surface area contributed by atoms with Gasteiger partial charge in [0.2, 0.25) is 5.91 Å². The first-order chi connectivity index (χ1) is 9.13. The number of thiophene rings is 1. The van der Waals surface area contributed by atoms with Gasteiger partial charge in [0.05, 0.1) is 15.5 Å². The highest BCUT2D eigenvalue weighted by Gasteiger charge is 2.14. The molecule has 0 bridgehead atoms. The van der Waals surface area contributed by atoms with E-state index in [-0.39, 0.29) is 6.42 Å². The molecule has 0 saturated heterocycles. The van der Waals surface area contributed by atoms with Gasteiger partial charge in [-0.05, 0) is 24.8 Å². The normalized spacial score (nSPS) is 10.8. The van der Waals surface area contributed by atoms with Crippen molar-refractivity contribution in [2.75, 3.05) is 5.75 Å². The first-order valence-corrected chi connectivity index (χ1v) is 7.89. The summed E-state index contributed by atoms with van der Waals surface area (Å²) in [6, 6.07) is 4.14. The maximum atomic E-state index is 10.9. The monoisotopic (exact) mass is 296 g/mol. The van der Waals surface area contributed by atoms with Crippen LogP contribution < -0.4 is 5.73 Å². The molecular weight excluding hydrogens is 280 g/mol. The smallest absolute Gasteiger partial charge is 0.225 e. The van der Waals surface area contributed by atoms with Gasteiger partial charge in [-0.25, -0.2) is 9.67 Å². The van der Waals surface area contributed by atoms with Crippen LogP contribution in [0.25, 0.3) is 10.7 Å². The molecule has 0 spiro atoms. The second kappa shape index (κ2) is 6.21. The Kier molecular flexibility index (Phi) is 4.60. The van der Waals surface area contributed by atoms with Crippen LogP contribution in [0.15, 0.2) is 16.3 Å². The van der Waals surface area contributed by atoms with Gasteiger partial charge in [-0.3, -0.25) is 4.79 Å². The van der Waals surface area contributed by atoms with Gasteiger partial charge in [0.15, 0.2) is 11.6 Å². The molecule has 0 unspecified atom stereocenters. The van der Waals surface area contributed by atoms with E-state index in [1.807, 2.05) is 29.4 Å². The quantitative estimate of drug-likeness (QED) is 0.829. The van der Waals surface area contributed by atoms with Crippen molar-refractivity contribution in [1.29, 1.82) is 0 Å². The molecule has 0 atom stereocenters. The van der Waals surface area contributed by atoms with Crippen LogP contribution in [0.1, 0.15) is 19.7 Å². The molecular formula is C12H16N4OS2. The molecule has 1 amide bonds. The van der Waals surface area contributed by atoms with Crippen molar-refractivity contribution in [2.24, 2.45) is 5.73 Å². The van der Waals surface area contributed by atoms with Crippen molar-refractivity contribution >= 4 is 29.0 Å². The molecule has 0 aliphatic carbocycles. The van der Waals surface area contributed by atoms with Crippen molar-refractivity contribution in [1.82, 2.24) is 14.8 Å². The van der Waals surface area contributed by atoms with Gasteiger partial charge in [-0.1, -0.05) is 6.92 Å². The van der Waals surface area contributed by atoms with Crippen molar-refractivity contribution in [3.05, 3.63) is 18.0 Å². The third-order valence-corrected chi connectivity index (χ3v) is 4.62. The number of carbonyl (C=O) groups is 1. The van der Waals surface area contributed by atoms with Crippen LogP contribution in [-0.2, 0) is 17.8 Å². The summed E-state index contributed by atoms with van der Waals surface area (Å²) in [6.07, 6.45) is 0.0853. The third kappa shape index (κ3) is 3.36. The molecule has 2 aromatic heterocycles. The lowest BCUT2D eigenvalue weighted by atomic mass is 10.4. The number of primary amides is 1. The summed E-state index contributed by atoms with van der Waals surface area (Å²) in [5, 5.41) is 4.31. The van der Waals surface area contributed by atoms with Crippen molar-refractivity contribution in [3.8, 4) is 10.7 Å². The van der Waals surface area contributed by atoms with Crippen LogP contribution in [0.2, 0.25) is 0 Å². The Morgan fingerprint density at radius 2 is 2.26 bits per heavy atom. The highest BCUT2D eigenvalue weighted by atomic mass is 32.2. The molecule has 0 aliphatic heterocycles. The molecule has 7 heteroatoms. The minimum atomic E-state index is -0.409. The third-order valence-electron chi connectivity index (χ3n) is 2.44. The van der Waals surface area contributed by atoms with E-state index in [0.717, 1.165) is 23.0 Å². The number of thioether (sulfide) groups is 1. The molecule has 0 aliphatic rings. The first kappa shape index (κ1) is 14.1. The number of nitrogens with two attached hydrogens (primary N) is 1. The number of amides is 1. The molecule has 0 radical (unpaired) electrons. The first-order valence-electron chi connectivity index (χ1n) is 6.09. The van der Waals surface area contributed by atoms with Gasteiger partial charge in [-0.2, -0.15) is 5.10 Å². The number of hydrogen-bond acceptors (Lipinski definition) is 5. The molecule has 2 heterocycles. The molecule has 2 rings (SSSR count). The van der Waals surface area contributed by atoms with Crippen LogP contribution in [0.3, 0.4) is 0 Å². The fourth-order valence-corrected chi connectivity index (χ4v) is 3.72. The Bertz CT molecular complexity index is 576. The Morgan fingerprint density at radius 1 is 1.47 bits per heavy atom. The Labute approximate surface area is 120 Å². The molecule has 0 fully saturated rings. The van der Waals surface area contributed by atoms with E-state index in [1.165, 1.54) is 4.21 Å². The summed E-state index contributed by atoms with van der Waals surface area (Å²) >= 11 is 3.50. The number of hydrogen-bond donors (Lipinski definition) is 1. The van der Waals surface area contributed by atoms with E-state index < -0.39 is 5.91 Å². The summed E-state index contributed by atoms with van der Waals surface area (Å²) in [7, 11) is 0. The fraction of sp³-hybridized carbons (Fsp3) is 0.417. The Balaban J connectivity index is 2.31. The lowest BCUT2D eigenvalue weighted by molar-refractivity contribution is -0.117. The van der Waals surface area contributed by atoms with E-state index in [1.54, 1.807) is 11.3 Å². The van der Waals surface area contributed by atoms with Crippen molar-refractivity contribution in [2.45, 2.75) is 31.0 Å². The van der Waals surface area contributed by atoms with Crippen LogP contribution in [0.5, 0.6) is 0 Å². The summed E-state index contributed by atoms with van der Waals surface area (Å²) < 4.78 is 3.07. The summed E-state index contributed by atoms with van der Waals surface area (Å²) in [4.78, 5) is 16.4. The number of aryl methyl sites for hydroxylation is 1. The van der Waals surface area contributed by atoms with Gasteiger partial charge in [0.25, 0.3) is 0 Å². The van der Waals surface area contributed by atoms with Crippen LogP contribution in [0, 0.1) is 0 Å². The summed E-state index contributed by atoms with van der Waals surface area (Å²) in [6.45, 7) is 4.85. The summed E-state index contributed by atoms with van der Waals surface area (Å²) in [5.74, 6) is 1.94. The second-order valence-electron chi connectivity index (χ2n) is 3.86. The average Bonchev–Trinajstić information content (AvgIpc) is 2.95. The van der Waals surface area contributed by atoms with E-state index >= 15 is 0 Å². The lowest BCUT2D eigenvalue weighted by Crippen LogP contribution is -2.14. The maximum Gasteiger partial charge on any atom is 0.225 e. The second-order valence-corrected chi connectivity index (χ2v) is 6.51.